The predicted octanol–water partition coefficient (Wildman–Crippen LogP) is -0.920. The number of nitrogens with two attached hydrogens (primary N) is 1. The number of aromatic nitrogens is 4. The van der Waals surface area contributed by atoms with Gasteiger partial charge >= 0.3 is 0 Å². The highest BCUT2D eigenvalue weighted by atomic mass is 32.2. The van der Waals surface area contributed by atoms with E-state index in [2.05, 4.69) is 20.0 Å². The predicted molar refractivity (Wildman–Crippen MR) is 63.7 cm³/mol. The third-order valence-corrected chi connectivity index (χ3v) is 3.79. The lowest BCUT2D eigenvalue weighted by Gasteiger charge is -2.04. The van der Waals surface area contributed by atoms with Crippen molar-refractivity contribution >= 4 is 10.0 Å². The van der Waals surface area contributed by atoms with Crippen LogP contribution in [0.2, 0.25) is 0 Å². The van der Waals surface area contributed by atoms with Gasteiger partial charge in [-0.15, -0.1) is 0 Å². The molecule has 2 rings (SSSR count). The fourth-order valence-electron chi connectivity index (χ4n) is 1.48. The highest BCUT2D eigenvalue weighted by Crippen LogP contribution is 2.11. The van der Waals surface area contributed by atoms with Crippen molar-refractivity contribution in [1.82, 2.24) is 24.7 Å². The molecule has 2 heterocycles. The molecule has 0 amide bonds. The van der Waals surface area contributed by atoms with Crippen LogP contribution in [0.15, 0.2) is 23.5 Å². The van der Waals surface area contributed by atoms with Crippen LogP contribution < -0.4 is 10.5 Å². The van der Waals surface area contributed by atoms with E-state index in [1.807, 2.05) is 0 Å². The maximum Gasteiger partial charge on any atom is 0.258 e. The van der Waals surface area contributed by atoms with E-state index in [0.29, 0.717) is 11.3 Å². The first-order valence-corrected chi connectivity index (χ1v) is 6.72. The van der Waals surface area contributed by atoms with E-state index in [1.165, 1.54) is 6.20 Å². The Kier molecular flexibility index (Phi) is 3.45. The first-order chi connectivity index (χ1) is 8.53. The van der Waals surface area contributed by atoms with E-state index in [4.69, 9.17) is 5.73 Å². The molecule has 4 N–H and O–H groups in total. The summed E-state index contributed by atoms with van der Waals surface area (Å²) in [6, 6.07) is 1.74. The molecule has 8 nitrogen and oxygen atoms in total. The zero-order valence-electron chi connectivity index (χ0n) is 9.79. The smallest absolute Gasteiger partial charge is 0.258 e. The summed E-state index contributed by atoms with van der Waals surface area (Å²) in [6.07, 6.45) is 3.14. The lowest BCUT2D eigenvalue weighted by Crippen LogP contribution is -2.25. The van der Waals surface area contributed by atoms with Crippen LogP contribution in [0, 0.1) is 0 Å². The summed E-state index contributed by atoms with van der Waals surface area (Å²) in [5.41, 5.74) is 6.52. The van der Waals surface area contributed by atoms with Crippen molar-refractivity contribution < 1.29 is 8.42 Å². The fraction of sp³-hybridized carbons (Fsp3) is 0.333. The van der Waals surface area contributed by atoms with E-state index >= 15 is 0 Å². The molecule has 0 saturated carbocycles. The molecule has 0 spiro atoms. The summed E-state index contributed by atoms with van der Waals surface area (Å²) in [5.74, 6) is 0. The zero-order valence-corrected chi connectivity index (χ0v) is 10.6. The van der Waals surface area contributed by atoms with Gasteiger partial charge in [-0.2, -0.15) is 10.2 Å². The number of aromatic amines is 1. The third kappa shape index (κ3) is 2.58. The topological polar surface area (TPSA) is 119 Å². The number of aryl methyl sites for hydroxylation is 1. The van der Waals surface area contributed by atoms with E-state index in [9.17, 15) is 8.42 Å². The van der Waals surface area contributed by atoms with Gasteiger partial charge in [0.05, 0.1) is 18.4 Å². The molecule has 18 heavy (non-hydrogen) atoms. The molecule has 0 atom stereocenters. The number of H-pyrrole nitrogens is 1. The van der Waals surface area contributed by atoms with Crippen molar-refractivity contribution in [3.63, 3.8) is 0 Å². The second kappa shape index (κ2) is 4.88. The van der Waals surface area contributed by atoms with Crippen LogP contribution in [-0.2, 0) is 30.2 Å². The van der Waals surface area contributed by atoms with Crippen LogP contribution in [0.3, 0.4) is 0 Å². The van der Waals surface area contributed by atoms with E-state index < -0.39 is 10.0 Å². The Morgan fingerprint density at radius 3 is 2.94 bits per heavy atom. The van der Waals surface area contributed by atoms with Gasteiger partial charge in [-0.1, -0.05) is 0 Å². The molecule has 0 aromatic carbocycles. The lowest BCUT2D eigenvalue weighted by atomic mass is 10.4. The molecule has 0 radical (unpaired) electrons. The molecular weight excluding hydrogens is 256 g/mol. The molecule has 0 bridgehead atoms. The van der Waals surface area contributed by atoms with E-state index in [1.54, 1.807) is 24.0 Å². The Bertz CT molecular complexity index is 629. The number of sulfonamides is 1. The molecule has 0 aliphatic heterocycles. The monoisotopic (exact) mass is 270 g/mol. The number of nitrogens with zero attached hydrogens (tertiary/aromatic N) is 3. The Balaban J connectivity index is 2.13. The highest BCUT2D eigenvalue weighted by molar-refractivity contribution is 7.89. The summed E-state index contributed by atoms with van der Waals surface area (Å²) in [4.78, 5) is 0. The minimum Gasteiger partial charge on any atom is -0.326 e. The largest absolute Gasteiger partial charge is 0.326 e. The van der Waals surface area contributed by atoms with Crippen molar-refractivity contribution in [1.29, 1.82) is 0 Å². The maximum atomic E-state index is 12.0. The highest BCUT2D eigenvalue weighted by Gasteiger charge is 2.20. The van der Waals surface area contributed by atoms with Crippen LogP contribution >= 0.6 is 0 Å². The molecule has 9 heteroatoms. The molecule has 0 aliphatic carbocycles. The molecule has 0 aliphatic rings. The van der Waals surface area contributed by atoms with E-state index in [0.717, 1.165) is 0 Å². The van der Waals surface area contributed by atoms with Crippen LogP contribution in [0.25, 0.3) is 0 Å². The summed E-state index contributed by atoms with van der Waals surface area (Å²) in [5, 5.41) is 10.2. The van der Waals surface area contributed by atoms with Crippen molar-refractivity contribution in [3.05, 3.63) is 29.7 Å². The van der Waals surface area contributed by atoms with Gasteiger partial charge in [-0.05, 0) is 6.07 Å². The number of hydrogen-bond acceptors (Lipinski definition) is 5. The van der Waals surface area contributed by atoms with Gasteiger partial charge in [0, 0.05) is 25.4 Å². The summed E-state index contributed by atoms with van der Waals surface area (Å²) in [7, 11) is -1.88. The third-order valence-electron chi connectivity index (χ3n) is 2.38. The van der Waals surface area contributed by atoms with Crippen LogP contribution in [0.5, 0.6) is 0 Å². The molecule has 0 fully saturated rings. The van der Waals surface area contributed by atoms with E-state index in [-0.39, 0.29) is 18.1 Å². The minimum absolute atomic E-state index is 0.000862. The van der Waals surface area contributed by atoms with Crippen molar-refractivity contribution in [3.8, 4) is 0 Å². The van der Waals surface area contributed by atoms with Crippen molar-refractivity contribution in [2.24, 2.45) is 12.8 Å². The van der Waals surface area contributed by atoms with Gasteiger partial charge < -0.3 is 5.73 Å². The molecule has 0 saturated heterocycles. The number of nitrogens with one attached hydrogen (secondary N) is 2. The van der Waals surface area contributed by atoms with Crippen LogP contribution in [-0.4, -0.2) is 28.4 Å². The van der Waals surface area contributed by atoms with Crippen LogP contribution in [0.1, 0.15) is 11.3 Å². The Morgan fingerprint density at radius 2 is 2.33 bits per heavy atom. The maximum absolute atomic E-state index is 12.0. The Labute approximate surface area is 104 Å². The van der Waals surface area contributed by atoms with Crippen LogP contribution in [0.4, 0.5) is 0 Å². The molecule has 2 aromatic heterocycles. The first kappa shape index (κ1) is 12.7. The van der Waals surface area contributed by atoms with Gasteiger partial charge in [-0.25, -0.2) is 13.1 Å². The quantitative estimate of drug-likeness (QED) is 0.649. The average molecular weight is 270 g/mol. The summed E-state index contributed by atoms with van der Waals surface area (Å²) >= 11 is 0. The summed E-state index contributed by atoms with van der Waals surface area (Å²) < 4.78 is 28.0. The number of hydrogen-bond donors (Lipinski definition) is 3. The van der Waals surface area contributed by atoms with Crippen molar-refractivity contribution in [2.75, 3.05) is 0 Å². The van der Waals surface area contributed by atoms with Gasteiger partial charge in [0.2, 0.25) is 0 Å². The Morgan fingerprint density at radius 1 is 1.56 bits per heavy atom. The van der Waals surface area contributed by atoms with Gasteiger partial charge in [-0.3, -0.25) is 9.78 Å². The molecule has 2 aromatic rings. The SMILES string of the molecule is Cn1ccc(CNS(=O)(=O)c2[nH]ncc2CN)n1. The second-order valence-electron chi connectivity index (χ2n) is 3.73. The standard InChI is InChI=1S/C9H14N6O2S/c1-15-3-2-8(14-15)6-12-18(16,17)9-7(4-10)5-11-13-9/h2-3,5,12H,4,6,10H2,1H3,(H,11,13). The molecule has 0 unspecified atom stereocenters. The fourth-order valence-corrected chi connectivity index (χ4v) is 2.61. The van der Waals surface area contributed by atoms with Gasteiger partial charge in [0.25, 0.3) is 10.0 Å². The Hall–Kier alpha value is -1.71. The lowest BCUT2D eigenvalue weighted by molar-refractivity contribution is 0.574. The number of rotatable bonds is 5. The first-order valence-electron chi connectivity index (χ1n) is 5.23. The normalized spacial score (nSPS) is 11.9. The molecule has 98 valence electrons. The van der Waals surface area contributed by atoms with Gasteiger partial charge in [0.15, 0.2) is 5.03 Å². The zero-order chi connectivity index (χ0) is 13.2. The summed E-state index contributed by atoms with van der Waals surface area (Å²) in [6.45, 7) is 0.225. The van der Waals surface area contributed by atoms with Crippen molar-refractivity contribution in [2.45, 2.75) is 18.1 Å². The molecular formula is C9H14N6O2S. The minimum atomic E-state index is -3.65. The second-order valence-corrected chi connectivity index (χ2v) is 5.44. The van der Waals surface area contributed by atoms with Gasteiger partial charge in [0.1, 0.15) is 0 Å². The average Bonchev–Trinajstić information content (AvgIpc) is 2.95.